The largest absolute Gasteiger partial charge is 0.344 e. The van der Waals surface area contributed by atoms with E-state index < -0.39 is 0 Å². The molecule has 0 fully saturated rings. The molecule has 0 amide bonds. The van der Waals surface area contributed by atoms with Crippen LogP contribution >= 0.6 is 0 Å². The van der Waals surface area contributed by atoms with Crippen LogP contribution in [0, 0.1) is 0 Å². The number of para-hydroxylation sites is 1. The van der Waals surface area contributed by atoms with Crippen LogP contribution in [0.1, 0.15) is 11.1 Å². The molecule has 0 saturated heterocycles. The minimum atomic E-state index is 1.09. The lowest BCUT2D eigenvalue weighted by Gasteiger charge is -2.23. The fourth-order valence-electron chi connectivity index (χ4n) is 4.17. The molecule has 4 aromatic rings. The normalized spacial score (nSPS) is 13.6. The third-order valence-corrected chi connectivity index (χ3v) is 5.35. The molecule has 0 saturated carbocycles. The van der Waals surface area contributed by atoms with Gasteiger partial charge in [-0.3, -0.25) is 0 Å². The molecule has 0 bridgehead atoms. The highest BCUT2D eigenvalue weighted by atomic mass is 15.1. The van der Waals surface area contributed by atoms with Crippen LogP contribution in [-0.2, 0) is 12.8 Å². The second kappa shape index (κ2) is 5.10. The number of rotatable bonds is 0. The van der Waals surface area contributed by atoms with Crippen molar-refractivity contribution in [3.8, 4) is 0 Å². The Bertz CT molecular complexity index is 1080. The van der Waals surface area contributed by atoms with Gasteiger partial charge in [0.2, 0.25) is 0 Å². The molecule has 0 spiro atoms. The Labute approximate surface area is 142 Å². The van der Waals surface area contributed by atoms with E-state index in [2.05, 4.69) is 84.7 Å². The monoisotopic (exact) mass is 309 g/mol. The topological polar surface area (TPSA) is 3.24 Å². The minimum Gasteiger partial charge on any atom is -0.344 e. The van der Waals surface area contributed by atoms with Gasteiger partial charge in [0.05, 0.1) is 0 Å². The molecule has 4 aromatic carbocycles. The summed E-state index contributed by atoms with van der Waals surface area (Å²) in [5.41, 5.74) is 5.58. The fourth-order valence-corrected chi connectivity index (χ4v) is 4.17. The van der Waals surface area contributed by atoms with Crippen LogP contribution in [0.3, 0.4) is 0 Å². The quantitative estimate of drug-likeness (QED) is 0.368. The van der Waals surface area contributed by atoms with E-state index in [1.807, 2.05) is 0 Å². The number of hydrogen-bond donors (Lipinski definition) is 0. The molecule has 0 unspecified atom stereocenters. The van der Waals surface area contributed by atoms with Gasteiger partial charge in [-0.15, -0.1) is 0 Å². The molecule has 1 aliphatic heterocycles. The van der Waals surface area contributed by atoms with Gasteiger partial charge >= 0.3 is 0 Å². The molecule has 1 heteroatoms. The van der Waals surface area contributed by atoms with Crippen LogP contribution < -0.4 is 4.90 Å². The zero-order chi connectivity index (χ0) is 16.1. The van der Waals surface area contributed by atoms with E-state index in [4.69, 9.17) is 0 Å². The summed E-state index contributed by atoms with van der Waals surface area (Å²) in [4.78, 5) is 2.36. The number of aryl methyl sites for hydroxylation is 2. The summed E-state index contributed by atoms with van der Waals surface area (Å²) in [5.74, 6) is 0. The Morgan fingerprint density at radius 1 is 0.667 bits per heavy atom. The van der Waals surface area contributed by atoms with Gasteiger partial charge in [0.1, 0.15) is 0 Å². The Morgan fingerprint density at radius 2 is 1.42 bits per heavy atom. The first-order chi connectivity index (χ1) is 11.8. The van der Waals surface area contributed by atoms with Gasteiger partial charge in [0.25, 0.3) is 0 Å². The highest BCUT2D eigenvalue weighted by Crippen LogP contribution is 2.40. The van der Waals surface area contributed by atoms with Crippen molar-refractivity contribution in [3.05, 3.63) is 83.9 Å². The van der Waals surface area contributed by atoms with Gasteiger partial charge in [-0.1, -0.05) is 60.7 Å². The number of nitrogens with zero attached hydrogens (tertiary/aromatic N) is 1. The summed E-state index contributed by atoms with van der Waals surface area (Å²) < 4.78 is 0. The summed E-state index contributed by atoms with van der Waals surface area (Å²) >= 11 is 0. The smallest absolute Gasteiger partial charge is 0.0447 e. The Balaban J connectivity index is 1.87. The van der Waals surface area contributed by atoms with Gasteiger partial charge in [-0.2, -0.15) is 0 Å². The van der Waals surface area contributed by atoms with Crippen LogP contribution in [0.15, 0.2) is 72.8 Å². The second-order valence-corrected chi connectivity index (χ2v) is 6.64. The molecule has 0 atom stereocenters. The first-order valence-electron chi connectivity index (χ1n) is 8.58. The van der Waals surface area contributed by atoms with Crippen molar-refractivity contribution in [2.75, 3.05) is 11.9 Å². The van der Waals surface area contributed by atoms with Gasteiger partial charge in [0.15, 0.2) is 0 Å². The Morgan fingerprint density at radius 3 is 2.38 bits per heavy atom. The molecule has 1 aliphatic rings. The van der Waals surface area contributed by atoms with Gasteiger partial charge in [-0.05, 0) is 57.6 Å². The molecule has 0 aromatic heterocycles. The second-order valence-electron chi connectivity index (χ2n) is 6.64. The van der Waals surface area contributed by atoms with Crippen molar-refractivity contribution in [1.29, 1.82) is 0 Å². The zero-order valence-electron chi connectivity index (χ0n) is 13.8. The van der Waals surface area contributed by atoms with Crippen molar-refractivity contribution in [2.45, 2.75) is 12.8 Å². The molecule has 24 heavy (non-hydrogen) atoms. The lowest BCUT2D eigenvalue weighted by molar-refractivity contribution is 0.987. The summed E-state index contributed by atoms with van der Waals surface area (Å²) in [6, 6.07) is 26.6. The van der Waals surface area contributed by atoms with Gasteiger partial charge in [0, 0.05) is 18.4 Å². The van der Waals surface area contributed by atoms with E-state index in [-0.39, 0.29) is 0 Å². The lowest BCUT2D eigenvalue weighted by atomic mass is 9.94. The van der Waals surface area contributed by atoms with E-state index in [1.54, 1.807) is 0 Å². The van der Waals surface area contributed by atoms with Crippen LogP contribution in [0.4, 0.5) is 11.4 Å². The van der Waals surface area contributed by atoms with Crippen LogP contribution in [0.2, 0.25) is 0 Å². The molecule has 116 valence electrons. The third-order valence-electron chi connectivity index (χ3n) is 5.35. The minimum absolute atomic E-state index is 1.09. The maximum absolute atomic E-state index is 2.36. The predicted octanol–water partition coefficient (Wildman–Crippen LogP) is 5.86. The van der Waals surface area contributed by atoms with Crippen molar-refractivity contribution < 1.29 is 0 Å². The molecule has 1 nitrogen and oxygen atoms in total. The zero-order valence-corrected chi connectivity index (χ0v) is 13.8. The molecule has 0 N–H and O–H groups in total. The third kappa shape index (κ3) is 1.88. The summed E-state index contributed by atoms with van der Waals surface area (Å²) in [7, 11) is 2.19. The average Bonchev–Trinajstić information content (AvgIpc) is 2.79. The predicted molar refractivity (Wildman–Crippen MR) is 103 cm³/mol. The standard InChI is InChI=1S/C23H19N/c1-24-21-9-5-3-7-17(21)12-14-20-22(24)15-13-18-11-10-16-6-2-4-8-19(16)23(18)20/h2-11,13,15H,12,14H2,1H3. The number of hydrogen-bond acceptors (Lipinski definition) is 1. The first kappa shape index (κ1) is 13.6. The van der Waals surface area contributed by atoms with Crippen LogP contribution in [-0.4, -0.2) is 7.05 Å². The van der Waals surface area contributed by atoms with Crippen LogP contribution in [0.5, 0.6) is 0 Å². The van der Waals surface area contributed by atoms with E-state index in [0.717, 1.165) is 12.8 Å². The molecular weight excluding hydrogens is 290 g/mol. The number of anilines is 2. The summed E-state index contributed by atoms with van der Waals surface area (Å²) in [6.45, 7) is 0. The van der Waals surface area contributed by atoms with E-state index >= 15 is 0 Å². The molecule has 1 heterocycles. The molecule has 0 radical (unpaired) electrons. The van der Waals surface area contributed by atoms with Crippen molar-refractivity contribution >= 4 is 32.9 Å². The van der Waals surface area contributed by atoms with Crippen molar-refractivity contribution in [2.24, 2.45) is 0 Å². The molecular formula is C23H19N. The number of benzene rings is 4. The lowest BCUT2D eigenvalue weighted by Crippen LogP contribution is -2.11. The molecule has 5 rings (SSSR count). The van der Waals surface area contributed by atoms with E-state index in [0.29, 0.717) is 0 Å². The maximum atomic E-state index is 2.36. The van der Waals surface area contributed by atoms with E-state index in [9.17, 15) is 0 Å². The van der Waals surface area contributed by atoms with Gasteiger partial charge in [-0.25, -0.2) is 0 Å². The average molecular weight is 309 g/mol. The van der Waals surface area contributed by atoms with Crippen LogP contribution in [0.25, 0.3) is 21.5 Å². The van der Waals surface area contributed by atoms with E-state index in [1.165, 1.54) is 44.0 Å². The SMILES string of the molecule is CN1c2ccccc2CCc2c1ccc1ccc3ccccc3c21. The summed E-state index contributed by atoms with van der Waals surface area (Å²) in [5, 5.41) is 5.45. The number of fused-ring (bicyclic) bond motifs is 6. The molecule has 0 aliphatic carbocycles. The van der Waals surface area contributed by atoms with Gasteiger partial charge < -0.3 is 4.90 Å². The fraction of sp³-hybridized carbons (Fsp3) is 0.130. The van der Waals surface area contributed by atoms with Crippen molar-refractivity contribution in [1.82, 2.24) is 0 Å². The Kier molecular flexibility index (Phi) is 2.90. The highest BCUT2D eigenvalue weighted by molar-refractivity contribution is 6.11. The van der Waals surface area contributed by atoms with Crippen molar-refractivity contribution in [3.63, 3.8) is 0 Å². The maximum Gasteiger partial charge on any atom is 0.0447 e. The summed E-state index contributed by atoms with van der Waals surface area (Å²) in [6.07, 6.45) is 2.18. The first-order valence-corrected chi connectivity index (χ1v) is 8.58. The Hall–Kier alpha value is -2.80. The highest BCUT2D eigenvalue weighted by Gasteiger charge is 2.20.